The number of methoxy groups -OCH3 is 1. The van der Waals surface area contributed by atoms with Gasteiger partial charge in [0.15, 0.2) is 5.75 Å². The number of hydrogen-bond donors (Lipinski definition) is 1. The third kappa shape index (κ3) is 3.11. The average molecular weight is 265 g/mol. The highest BCUT2D eigenvalue weighted by Crippen LogP contribution is 2.38. The summed E-state index contributed by atoms with van der Waals surface area (Å²) >= 11 is 0. The molecule has 0 bridgehead atoms. The molecule has 1 aliphatic carbocycles. The van der Waals surface area contributed by atoms with Crippen molar-refractivity contribution < 1.29 is 4.74 Å². The van der Waals surface area contributed by atoms with Crippen LogP contribution in [0.3, 0.4) is 0 Å². The Hall–Kier alpha value is -1.03. The zero-order chi connectivity index (χ0) is 13.7. The molecule has 1 aromatic rings. The van der Waals surface area contributed by atoms with Crippen LogP contribution < -0.4 is 10.1 Å². The Morgan fingerprint density at radius 3 is 2.74 bits per heavy atom. The minimum absolute atomic E-state index is 0.386. The van der Waals surface area contributed by atoms with Gasteiger partial charge in [-0.3, -0.25) is 4.68 Å². The third-order valence-corrected chi connectivity index (χ3v) is 4.09. The van der Waals surface area contributed by atoms with Crippen molar-refractivity contribution in [2.75, 3.05) is 13.7 Å². The lowest BCUT2D eigenvalue weighted by Crippen LogP contribution is -2.29. The number of nitrogens with one attached hydrogen (secondary N) is 1. The molecular formula is C15H27N3O. The van der Waals surface area contributed by atoms with E-state index in [0.717, 1.165) is 31.2 Å². The standard InChI is InChI=1S/C15H27N3O/c1-4-10-18-15(13(19-3)11-17-18)14(16-5-2)12-8-6-7-9-12/h11-12,14,16H,4-10H2,1-3H3. The smallest absolute Gasteiger partial charge is 0.161 e. The van der Waals surface area contributed by atoms with Crippen LogP contribution in [0.5, 0.6) is 5.75 Å². The van der Waals surface area contributed by atoms with Gasteiger partial charge in [-0.05, 0) is 31.7 Å². The first-order valence-electron chi connectivity index (χ1n) is 7.64. The van der Waals surface area contributed by atoms with Crippen LogP contribution in [0.1, 0.15) is 57.7 Å². The van der Waals surface area contributed by atoms with E-state index in [1.54, 1.807) is 7.11 Å². The molecule has 2 rings (SSSR count). The first-order valence-corrected chi connectivity index (χ1v) is 7.64. The van der Waals surface area contributed by atoms with Gasteiger partial charge in [0.1, 0.15) is 0 Å². The number of aromatic nitrogens is 2. The van der Waals surface area contributed by atoms with Gasteiger partial charge in [-0.15, -0.1) is 0 Å². The second-order valence-corrected chi connectivity index (χ2v) is 5.40. The highest BCUT2D eigenvalue weighted by molar-refractivity contribution is 5.29. The van der Waals surface area contributed by atoms with Crippen LogP contribution in [0.25, 0.3) is 0 Å². The lowest BCUT2D eigenvalue weighted by atomic mass is 9.94. The van der Waals surface area contributed by atoms with Gasteiger partial charge in [0.05, 0.1) is 25.0 Å². The van der Waals surface area contributed by atoms with Crippen molar-refractivity contribution in [3.8, 4) is 5.75 Å². The molecule has 1 atom stereocenters. The highest BCUT2D eigenvalue weighted by Gasteiger charge is 2.30. The summed E-state index contributed by atoms with van der Waals surface area (Å²) in [6, 6.07) is 0.386. The van der Waals surface area contributed by atoms with Gasteiger partial charge < -0.3 is 10.1 Å². The van der Waals surface area contributed by atoms with Crippen LogP contribution >= 0.6 is 0 Å². The molecule has 1 saturated carbocycles. The molecule has 0 saturated heterocycles. The summed E-state index contributed by atoms with van der Waals surface area (Å²) in [4.78, 5) is 0. The Labute approximate surface area is 116 Å². The number of hydrogen-bond acceptors (Lipinski definition) is 3. The molecule has 19 heavy (non-hydrogen) atoms. The van der Waals surface area contributed by atoms with Gasteiger partial charge in [-0.2, -0.15) is 5.10 Å². The fourth-order valence-corrected chi connectivity index (χ4v) is 3.24. The molecule has 1 fully saturated rings. The number of ether oxygens (including phenoxy) is 1. The van der Waals surface area contributed by atoms with Crippen LogP contribution in [0.15, 0.2) is 6.20 Å². The first-order chi connectivity index (χ1) is 9.31. The SMILES string of the molecule is CCCn1ncc(OC)c1C(NCC)C1CCCC1. The molecule has 0 aliphatic heterocycles. The van der Waals surface area contributed by atoms with Crippen molar-refractivity contribution >= 4 is 0 Å². The Morgan fingerprint density at radius 2 is 2.16 bits per heavy atom. The molecule has 0 radical (unpaired) electrons. The van der Waals surface area contributed by atoms with Crippen molar-refractivity contribution in [1.82, 2.24) is 15.1 Å². The maximum absolute atomic E-state index is 5.54. The van der Waals surface area contributed by atoms with Gasteiger partial charge in [-0.1, -0.05) is 26.7 Å². The van der Waals surface area contributed by atoms with E-state index < -0.39 is 0 Å². The quantitative estimate of drug-likeness (QED) is 0.823. The van der Waals surface area contributed by atoms with Crippen LogP contribution in [0, 0.1) is 5.92 Å². The van der Waals surface area contributed by atoms with Crippen molar-refractivity contribution in [2.24, 2.45) is 5.92 Å². The summed E-state index contributed by atoms with van der Waals surface area (Å²) in [6.45, 7) is 6.32. The maximum Gasteiger partial charge on any atom is 0.161 e. The van der Waals surface area contributed by atoms with Crippen molar-refractivity contribution in [2.45, 2.75) is 58.5 Å². The summed E-state index contributed by atoms with van der Waals surface area (Å²) in [5.74, 6) is 1.66. The van der Waals surface area contributed by atoms with Crippen molar-refractivity contribution in [1.29, 1.82) is 0 Å². The predicted molar refractivity (Wildman–Crippen MR) is 77.4 cm³/mol. The number of nitrogens with zero attached hydrogens (tertiary/aromatic N) is 2. The summed E-state index contributed by atoms with van der Waals surface area (Å²) in [7, 11) is 1.74. The summed E-state index contributed by atoms with van der Waals surface area (Å²) < 4.78 is 7.67. The van der Waals surface area contributed by atoms with Gasteiger partial charge >= 0.3 is 0 Å². The average Bonchev–Trinajstić information content (AvgIpc) is 3.06. The van der Waals surface area contributed by atoms with Crippen LogP contribution in [-0.2, 0) is 6.54 Å². The lowest BCUT2D eigenvalue weighted by Gasteiger charge is -2.26. The first kappa shape index (κ1) is 14.4. The van der Waals surface area contributed by atoms with E-state index in [0.29, 0.717) is 6.04 Å². The van der Waals surface area contributed by atoms with Crippen molar-refractivity contribution in [3.63, 3.8) is 0 Å². The minimum atomic E-state index is 0.386. The Bertz CT molecular complexity index is 383. The maximum atomic E-state index is 5.54. The molecule has 108 valence electrons. The summed E-state index contributed by atoms with van der Waals surface area (Å²) in [5.41, 5.74) is 1.25. The van der Waals surface area contributed by atoms with E-state index in [4.69, 9.17) is 4.74 Å². The molecule has 0 spiro atoms. The number of rotatable bonds is 7. The largest absolute Gasteiger partial charge is 0.493 e. The Kier molecular flexibility index (Phi) is 5.25. The number of aryl methyl sites for hydroxylation is 1. The Balaban J connectivity index is 2.30. The minimum Gasteiger partial charge on any atom is -0.493 e. The molecule has 1 N–H and O–H groups in total. The van der Waals surface area contributed by atoms with E-state index in [-0.39, 0.29) is 0 Å². The van der Waals surface area contributed by atoms with Crippen LogP contribution in [0.2, 0.25) is 0 Å². The monoisotopic (exact) mass is 265 g/mol. The predicted octanol–water partition coefficient (Wildman–Crippen LogP) is 3.14. The van der Waals surface area contributed by atoms with Crippen LogP contribution in [0.4, 0.5) is 0 Å². The van der Waals surface area contributed by atoms with Gasteiger partial charge in [0, 0.05) is 6.54 Å². The van der Waals surface area contributed by atoms with E-state index in [1.807, 2.05) is 6.20 Å². The third-order valence-electron chi connectivity index (χ3n) is 4.09. The highest BCUT2D eigenvalue weighted by atomic mass is 16.5. The lowest BCUT2D eigenvalue weighted by molar-refractivity contribution is 0.330. The molecule has 4 nitrogen and oxygen atoms in total. The normalized spacial score (nSPS) is 17.8. The van der Waals surface area contributed by atoms with Crippen molar-refractivity contribution in [3.05, 3.63) is 11.9 Å². The molecule has 0 aromatic carbocycles. The molecule has 0 amide bonds. The molecule has 1 unspecified atom stereocenters. The van der Waals surface area contributed by atoms with Gasteiger partial charge in [0.2, 0.25) is 0 Å². The van der Waals surface area contributed by atoms with E-state index >= 15 is 0 Å². The van der Waals surface area contributed by atoms with E-state index in [2.05, 4.69) is 28.9 Å². The second kappa shape index (κ2) is 6.94. The summed E-state index contributed by atoms with van der Waals surface area (Å²) in [5, 5.41) is 8.16. The van der Waals surface area contributed by atoms with E-state index in [1.165, 1.54) is 31.4 Å². The van der Waals surface area contributed by atoms with Crippen LogP contribution in [-0.4, -0.2) is 23.4 Å². The topological polar surface area (TPSA) is 39.1 Å². The molecular weight excluding hydrogens is 238 g/mol. The Morgan fingerprint density at radius 1 is 1.42 bits per heavy atom. The second-order valence-electron chi connectivity index (χ2n) is 5.40. The molecule has 1 aliphatic rings. The molecule has 1 aromatic heterocycles. The van der Waals surface area contributed by atoms with Gasteiger partial charge in [-0.25, -0.2) is 0 Å². The van der Waals surface area contributed by atoms with E-state index in [9.17, 15) is 0 Å². The molecule has 1 heterocycles. The fraction of sp³-hybridized carbons (Fsp3) is 0.800. The fourth-order valence-electron chi connectivity index (χ4n) is 3.24. The zero-order valence-corrected chi connectivity index (χ0v) is 12.5. The van der Waals surface area contributed by atoms with Gasteiger partial charge in [0.25, 0.3) is 0 Å². The summed E-state index contributed by atoms with van der Waals surface area (Å²) in [6.07, 6.45) is 8.31. The molecule has 4 heteroatoms. The zero-order valence-electron chi connectivity index (χ0n) is 12.5.